The Morgan fingerprint density at radius 3 is 2.37 bits per heavy atom. The van der Waals surface area contributed by atoms with E-state index in [-0.39, 0.29) is 41.6 Å². The summed E-state index contributed by atoms with van der Waals surface area (Å²) < 4.78 is 63.1. The minimum atomic E-state index is -5.57. The Labute approximate surface area is 341 Å². The molecule has 4 rings (SSSR count). The van der Waals surface area contributed by atoms with Crippen molar-refractivity contribution in [1.29, 1.82) is 0 Å². The van der Waals surface area contributed by atoms with Crippen LogP contribution in [0, 0.1) is 8.99 Å². The molecule has 24 nitrogen and oxygen atoms in total. The summed E-state index contributed by atoms with van der Waals surface area (Å²) in [4.78, 5) is 87.9. The van der Waals surface area contributed by atoms with Gasteiger partial charge in [0, 0.05) is 39.8 Å². The molecule has 10 N–H and O–H groups in total. The number of aliphatic hydroxyl groups is 2. The molecule has 2 aromatic heterocycles. The SMILES string of the molecule is CC(C)(COP(=O)(O)OP(=O)(O)OC[C@H]1O[C@@H](n2cnc3c(N)ncnc32)[C@H](O)[C@@H]1OP(=O)(O)O)[C@@H](O)C(=O)NCCC(=O)NCCSC(=O)c1ccc(I)cc1. The number of thioether (sulfide) groups is 1. The van der Waals surface area contributed by atoms with Crippen LogP contribution in [0.2, 0.25) is 0 Å². The molecule has 0 aliphatic carbocycles. The van der Waals surface area contributed by atoms with E-state index < -0.39 is 84.6 Å². The molecule has 0 spiro atoms. The number of nitrogens with one attached hydrogen (secondary N) is 2. The van der Waals surface area contributed by atoms with E-state index in [0.29, 0.717) is 11.3 Å². The highest BCUT2D eigenvalue weighted by Gasteiger charge is 2.50. The van der Waals surface area contributed by atoms with E-state index in [2.05, 4.69) is 57.0 Å². The number of halogens is 1. The Morgan fingerprint density at radius 2 is 1.70 bits per heavy atom. The van der Waals surface area contributed by atoms with E-state index in [9.17, 15) is 57.9 Å². The first-order valence-electron chi connectivity index (χ1n) is 16.3. The number of amides is 2. The van der Waals surface area contributed by atoms with E-state index in [1.165, 1.54) is 13.8 Å². The van der Waals surface area contributed by atoms with Crippen LogP contribution in [0.3, 0.4) is 0 Å². The van der Waals surface area contributed by atoms with Crippen molar-refractivity contribution in [2.24, 2.45) is 5.41 Å². The second-order valence-corrected chi connectivity index (χ2v) is 19.3. The van der Waals surface area contributed by atoms with Gasteiger partial charge in [0.15, 0.2) is 17.7 Å². The second kappa shape index (κ2) is 19.7. The minimum Gasteiger partial charge on any atom is -0.386 e. The average Bonchev–Trinajstić information content (AvgIpc) is 3.68. The number of nitrogens with two attached hydrogens (primary N) is 1. The quantitative estimate of drug-likeness (QED) is 0.0425. The van der Waals surface area contributed by atoms with Gasteiger partial charge in [0.1, 0.15) is 36.3 Å². The number of aromatic nitrogens is 4. The zero-order chi connectivity index (χ0) is 42.3. The van der Waals surface area contributed by atoms with Gasteiger partial charge in [-0.15, -0.1) is 0 Å². The molecule has 7 atom stereocenters. The molecule has 3 aromatic rings. The number of carbonyl (C=O) groups excluding carboxylic acids is 3. The van der Waals surface area contributed by atoms with Crippen LogP contribution in [-0.2, 0) is 45.9 Å². The minimum absolute atomic E-state index is 0.0291. The van der Waals surface area contributed by atoms with Gasteiger partial charge in [0.05, 0.1) is 19.5 Å². The van der Waals surface area contributed by atoms with Crippen LogP contribution >= 0.6 is 57.8 Å². The van der Waals surface area contributed by atoms with Gasteiger partial charge in [0.2, 0.25) is 16.9 Å². The van der Waals surface area contributed by atoms with Crippen molar-refractivity contribution in [3.8, 4) is 0 Å². The van der Waals surface area contributed by atoms with Crippen molar-refractivity contribution in [2.45, 2.75) is 50.9 Å². The van der Waals surface area contributed by atoms with Gasteiger partial charge in [-0.1, -0.05) is 25.6 Å². The third-order valence-electron chi connectivity index (χ3n) is 7.81. The lowest BCUT2D eigenvalue weighted by Gasteiger charge is -2.30. The fourth-order valence-electron chi connectivity index (χ4n) is 4.94. The molecule has 1 aliphatic heterocycles. The number of ether oxygens (including phenoxy) is 1. The predicted octanol–water partition coefficient (Wildman–Crippen LogP) is 0.583. The van der Waals surface area contributed by atoms with Crippen LogP contribution in [0.25, 0.3) is 11.2 Å². The van der Waals surface area contributed by atoms with Crippen molar-refractivity contribution in [2.75, 3.05) is 37.8 Å². The number of rotatable bonds is 20. The van der Waals surface area contributed by atoms with Crippen LogP contribution in [0.1, 0.15) is 36.9 Å². The van der Waals surface area contributed by atoms with Crippen molar-refractivity contribution >= 4 is 91.7 Å². The number of nitrogens with zero attached hydrogens (tertiary/aromatic N) is 4. The zero-order valence-corrected chi connectivity index (χ0v) is 35.4. The fraction of sp³-hybridized carbons (Fsp3) is 0.500. The highest BCUT2D eigenvalue weighted by molar-refractivity contribution is 14.1. The van der Waals surface area contributed by atoms with Gasteiger partial charge < -0.3 is 50.9 Å². The average molecular weight is 998 g/mol. The Bertz CT molecular complexity index is 2060. The van der Waals surface area contributed by atoms with Crippen LogP contribution in [0.5, 0.6) is 0 Å². The van der Waals surface area contributed by atoms with Gasteiger partial charge in [-0.2, -0.15) is 4.31 Å². The second-order valence-electron chi connectivity index (χ2n) is 12.7. The Hall–Kier alpha value is -2.49. The molecule has 0 bridgehead atoms. The van der Waals surface area contributed by atoms with E-state index in [1.54, 1.807) is 24.3 Å². The van der Waals surface area contributed by atoms with Crippen molar-refractivity contribution in [1.82, 2.24) is 30.2 Å². The number of hydrogen-bond acceptors (Lipinski definition) is 18. The van der Waals surface area contributed by atoms with Gasteiger partial charge in [-0.3, -0.25) is 32.5 Å². The molecule has 1 aliphatic rings. The van der Waals surface area contributed by atoms with Crippen LogP contribution in [0.4, 0.5) is 5.82 Å². The number of fused-ring (bicyclic) bond motifs is 1. The number of aliphatic hydroxyl groups excluding tert-OH is 2. The molecule has 2 unspecified atom stereocenters. The molecule has 2 amide bonds. The van der Waals surface area contributed by atoms with Gasteiger partial charge >= 0.3 is 23.5 Å². The molecular weight excluding hydrogens is 958 g/mol. The summed E-state index contributed by atoms with van der Waals surface area (Å²) in [5.74, 6) is -1.17. The summed E-state index contributed by atoms with van der Waals surface area (Å²) in [6.07, 6.45) is -6.94. The standard InChI is InChI=1S/C28H39IN7O17P3S/c1-28(2,22(39)25(40)32-8-7-18(37)31-9-10-57-27(41)15-3-5-16(29)6-4-15)12-50-56(47,48)53-55(45,46)49-11-17-21(52-54(42,43)44)20(38)26(51-17)36-14-35-19-23(30)33-13-34-24(19)36/h3-6,13-14,17,20-22,26,38-39H,7-12H2,1-2H3,(H,31,37)(H,32,40)(H,45,46)(H,47,48)(H2,30,33,34)(H2,42,43,44)/t17-,20-,21-,22+,26-/m1/s1. The fourth-order valence-corrected chi connectivity index (χ4v) is 8.82. The number of carbonyl (C=O) groups is 3. The molecule has 57 heavy (non-hydrogen) atoms. The normalized spacial score (nSPS) is 21.4. The van der Waals surface area contributed by atoms with Crippen LogP contribution in [0.15, 0.2) is 36.9 Å². The number of nitrogen functional groups attached to an aromatic ring is 1. The highest BCUT2D eigenvalue weighted by atomic mass is 127. The molecule has 0 radical (unpaired) electrons. The molecule has 29 heteroatoms. The van der Waals surface area contributed by atoms with Crippen molar-refractivity contribution in [3.05, 3.63) is 46.1 Å². The van der Waals surface area contributed by atoms with Crippen LogP contribution < -0.4 is 16.4 Å². The highest BCUT2D eigenvalue weighted by Crippen LogP contribution is 2.61. The smallest absolute Gasteiger partial charge is 0.386 e. The summed E-state index contributed by atoms with van der Waals surface area (Å²) >= 11 is 3.15. The maximum Gasteiger partial charge on any atom is 0.481 e. The Balaban J connectivity index is 1.23. The van der Waals surface area contributed by atoms with Crippen LogP contribution in [-0.4, -0.2) is 123 Å². The summed E-state index contributed by atoms with van der Waals surface area (Å²) in [5, 5.41) is 26.2. The monoisotopic (exact) mass is 997 g/mol. The largest absolute Gasteiger partial charge is 0.481 e. The summed E-state index contributed by atoms with van der Waals surface area (Å²) in [5.41, 5.74) is 4.78. The summed E-state index contributed by atoms with van der Waals surface area (Å²) in [6, 6.07) is 7.00. The summed E-state index contributed by atoms with van der Waals surface area (Å²) in [7, 11) is -16.4. The lowest BCUT2D eigenvalue weighted by Crippen LogP contribution is -2.46. The predicted molar refractivity (Wildman–Crippen MR) is 206 cm³/mol. The zero-order valence-electron chi connectivity index (χ0n) is 29.8. The summed E-state index contributed by atoms with van der Waals surface area (Å²) in [6.45, 7) is 0.445. The van der Waals surface area contributed by atoms with E-state index in [4.69, 9.17) is 19.5 Å². The van der Waals surface area contributed by atoms with Gasteiger partial charge in [-0.25, -0.2) is 28.6 Å². The number of benzene rings is 1. The number of imidazole rings is 1. The topological polar surface area (TPSA) is 364 Å². The number of phosphoric acid groups is 3. The first-order valence-corrected chi connectivity index (χ1v) is 22.9. The molecular formula is C28H39IN7O17P3S. The maximum absolute atomic E-state index is 12.7. The molecule has 3 heterocycles. The molecule has 316 valence electrons. The maximum atomic E-state index is 12.7. The number of phosphoric ester groups is 3. The number of anilines is 1. The third-order valence-corrected chi connectivity index (χ3v) is 12.5. The number of hydrogen-bond donors (Lipinski definition) is 9. The Morgan fingerprint density at radius 1 is 1.04 bits per heavy atom. The third kappa shape index (κ3) is 13.8. The molecule has 1 saturated heterocycles. The van der Waals surface area contributed by atoms with Gasteiger partial charge in [-0.05, 0) is 46.9 Å². The van der Waals surface area contributed by atoms with Crippen molar-refractivity contribution < 1.29 is 80.5 Å². The molecule has 1 fully saturated rings. The van der Waals surface area contributed by atoms with E-state index in [0.717, 1.165) is 32.6 Å². The lowest BCUT2D eigenvalue weighted by molar-refractivity contribution is -0.137. The first-order chi connectivity index (χ1) is 26.5. The first kappa shape index (κ1) is 47.2. The molecule has 1 aromatic carbocycles. The lowest BCUT2D eigenvalue weighted by atomic mass is 9.87. The molecule has 0 saturated carbocycles. The van der Waals surface area contributed by atoms with Crippen molar-refractivity contribution in [3.63, 3.8) is 0 Å². The Kier molecular flexibility index (Phi) is 16.3. The van der Waals surface area contributed by atoms with E-state index >= 15 is 0 Å². The van der Waals surface area contributed by atoms with E-state index in [1.807, 2.05) is 0 Å². The van der Waals surface area contributed by atoms with Gasteiger partial charge in [0.25, 0.3) is 0 Å².